The first-order valence-corrected chi connectivity index (χ1v) is 9.99. The minimum atomic E-state index is -1.19. The van der Waals surface area contributed by atoms with Crippen LogP contribution in [0.15, 0.2) is 67.0 Å². The van der Waals surface area contributed by atoms with E-state index in [1.54, 1.807) is 12.4 Å². The molecule has 4 nitrogen and oxygen atoms in total. The van der Waals surface area contributed by atoms with Crippen LogP contribution in [0.25, 0.3) is 21.9 Å². The van der Waals surface area contributed by atoms with Crippen molar-refractivity contribution < 1.29 is 5.11 Å². The van der Waals surface area contributed by atoms with Crippen molar-refractivity contribution in [1.82, 2.24) is 9.97 Å². The Hall–Kier alpha value is -3.68. The molecule has 4 heteroatoms. The Morgan fingerprint density at radius 2 is 1.93 bits per heavy atom. The molecule has 146 valence electrons. The minimum absolute atomic E-state index is 0.526. The molecule has 0 radical (unpaired) electrons. The molecule has 0 fully saturated rings. The highest BCUT2D eigenvalue weighted by molar-refractivity contribution is 5.94. The van der Waals surface area contributed by atoms with Crippen molar-refractivity contribution in [3.8, 4) is 23.0 Å². The molecule has 0 amide bonds. The Morgan fingerprint density at radius 3 is 2.83 bits per heavy atom. The van der Waals surface area contributed by atoms with Crippen LogP contribution in [0.2, 0.25) is 0 Å². The summed E-state index contributed by atoms with van der Waals surface area (Å²) in [7, 11) is 0. The number of aliphatic hydroxyl groups is 1. The summed E-state index contributed by atoms with van der Waals surface area (Å²) in [5, 5.41) is 13.0. The molecule has 30 heavy (non-hydrogen) atoms. The Kier molecular flexibility index (Phi) is 4.27. The van der Waals surface area contributed by atoms with Gasteiger partial charge in [0, 0.05) is 23.3 Å². The largest absolute Gasteiger partial charge is 0.383 e. The fourth-order valence-corrected chi connectivity index (χ4v) is 4.11. The van der Waals surface area contributed by atoms with Crippen molar-refractivity contribution in [2.45, 2.75) is 25.4 Å². The zero-order valence-corrected chi connectivity index (χ0v) is 16.7. The zero-order chi connectivity index (χ0) is 20.7. The zero-order valence-electron chi connectivity index (χ0n) is 16.7. The number of nitrogens with two attached hydrogens (primary N) is 1. The number of hydrogen-bond donors (Lipinski definition) is 2. The van der Waals surface area contributed by atoms with E-state index in [0.29, 0.717) is 17.9 Å². The first-order valence-electron chi connectivity index (χ1n) is 9.99. The summed E-state index contributed by atoms with van der Waals surface area (Å²) in [5.74, 6) is 6.78. The Labute approximate surface area is 175 Å². The van der Waals surface area contributed by atoms with E-state index in [2.05, 4.69) is 59.1 Å². The third kappa shape index (κ3) is 3.10. The van der Waals surface area contributed by atoms with E-state index < -0.39 is 5.60 Å². The van der Waals surface area contributed by atoms with Crippen LogP contribution in [0.3, 0.4) is 0 Å². The van der Waals surface area contributed by atoms with Crippen LogP contribution in [-0.2, 0) is 12.0 Å². The molecule has 4 aromatic rings. The van der Waals surface area contributed by atoms with Crippen molar-refractivity contribution in [2.24, 2.45) is 0 Å². The van der Waals surface area contributed by atoms with Crippen molar-refractivity contribution in [3.05, 3.63) is 89.4 Å². The molecular weight excluding hydrogens is 370 g/mol. The lowest BCUT2D eigenvalue weighted by atomic mass is 9.95. The first-order chi connectivity index (χ1) is 14.5. The smallest absolute Gasteiger partial charge is 0.168 e. The van der Waals surface area contributed by atoms with Crippen LogP contribution >= 0.6 is 0 Å². The van der Waals surface area contributed by atoms with Crippen LogP contribution in [0.1, 0.15) is 28.8 Å². The molecule has 0 spiro atoms. The van der Waals surface area contributed by atoms with E-state index in [1.807, 2.05) is 24.3 Å². The predicted octanol–water partition coefficient (Wildman–Crippen LogP) is 4.37. The summed E-state index contributed by atoms with van der Waals surface area (Å²) in [4.78, 5) is 8.57. The molecule has 0 saturated carbocycles. The lowest BCUT2D eigenvalue weighted by Crippen LogP contribution is -2.20. The van der Waals surface area contributed by atoms with E-state index in [1.165, 1.54) is 0 Å². The van der Waals surface area contributed by atoms with Crippen LogP contribution in [0, 0.1) is 18.8 Å². The number of anilines is 1. The molecule has 2 aromatic carbocycles. The average Bonchev–Trinajstić information content (AvgIpc) is 3.11. The summed E-state index contributed by atoms with van der Waals surface area (Å²) in [6, 6.07) is 18.2. The third-order valence-electron chi connectivity index (χ3n) is 5.80. The molecule has 0 bridgehead atoms. The van der Waals surface area contributed by atoms with Crippen LogP contribution in [0.5, 0.6) is 0 Å². The topological polar surface area (TPSA) is 72.0 Å². The molecule has 2 heterocycles. The number of fused-ring (bicyclic) bond motifs is 2. The van der Waals surface area contributed by atoms with E-state index in [0.717, 1.165) is 45.0 Å². The van der Waals surface area contributed by atoms with Crippen molar-refractivity contribution in [3.63, 3.8) is 0 Å². The SMILES string of the molecule is Cc1ccc(C#C[C@]2(O)CCc3cccnc32)cc1-c1ccc2ccnc(N)c2c1. The Bertz CT molecular complexity index is 1350. The molecule has 3 N–H and O–H groups in total. The summed E-state index contributed by atoms with van der Waals surface area (Å²) in [6.07, 6.45) is 4.79. The maximum absolute atomic E-state index is 11.0. The number of aromatic nitrogens is 2. The van der Waals surface area contributed by atoms with Gasteiger partial charge in [-0.05, 0) is 77.7 Å². The highest BCUT2D eigenvalue weighted by Crippen LogP contribution is 2.35. The van der Waals surface area contributed by atoms with E-state index in [9.17, 15) is 5.11 Å². The second-order valence-corrected chi connectivity index (χ2v) is 7.78. The standard InChI is InChI=1S/C26H21N3O/c1-17-4-5-18(8-11-26(30)12-9-20-3-2-13-28-24(20)26)15-22(17)21-7-6-19-10-14-29-25(27)23(19)16-21/h2-7,10,13-16,30H,9,12H2,1H3,(H2,27,29)/t26-/m0/s1. The number of aryl methyl sites for hydroxylation is 2. The number of pyridine rings is 2. The second-order valence-electron chi connectivity index (χ2n) is 7.78. The molecule has 0 unspecified atom stereocenters. The van der Waals surface area contributed by atoms with Crippen LogP contribution in [0.4, 0.5) is 5.82 Å². The summed E-state index contributed by atoms with van der Waals surface area (Å²) in [5.41, 5.74) is 10.8. The average molecular weight is 391 g/mol. The highest BCUT2D eigenvalue weighted by Gasteiger charge is 2.36. The first kappa shape index (κ1) is 18.4. The lowest BCUT2D eigenvalue weighted by molar-refractivity contribution is 0.0982. The molecule has 0 aliphatic heterocycles. The Balaban J connectivity index is 1.55. The normalized spacial score (nSPS) is 17.4. The van der Waals surface area contributed by atoms with Gasteiger partial charge in [0.25, 0.3) is 0 Å². The maximum atomic E-state index is 11.0. The summed E-state index contributed by atoms with van der Waals surface area (Å²) in [6.45, 7) is 2.08. The number of rotatable bonds is 1. The van der Waals surface area contributed by atoms with Gasteiger partial charge in [-0.15, -0.1) is 0 Å². The summed E-state index contributed by atoms with van der Waals surface area (Å²) >= 11 is 0. The quantitative estimate of drug-likeness (QED) is 0.473. The van der Waals surface area contributed by atoms with Crippen molar-refractivity contribution in [2.75, 3.05) is 5.73 Å². The van der Waals surface area contributed by atoms with E-state index in [4.69, 9.17) is 5.73 Å². The minimum Gasteiger partial charge on any atom is -0.383 e. The van der Waals surface area contributed by atoms with Crippen LogP contribution < -0.4 is 5.73 Å². The lowest BCUT2D eigenvalue weighted by Gasteiger charge is -2.15. The fourth-order valence-electron chi connectivity index (χ4n) is 4.11. The van der Waals surface area contributed by atoms with E-state index in [-0.39, 0.29) is 0 Å². The highest BCUT2D eigenvalue weighted by atomic mass is 16.3. The van der Waals surface area contributed by atoms with Gasteiger partial charge in [0.15, 0.2) is 5.60 Å². The van der Waals surface area contributed by atoms with Gasteiger partial charge in [-0.2, -0.15) is 0 Å². The van der Waals surface area contributed by atoms with Gasteiger partial charge in [-0.25, -0.2) is 4.98 Å². The molecule has 5 rings (SSSR count). The third-order valence-corrected chi connectivity index (χ3v) is 5.80. The van der Waals surface area contributed by atoms with E-state index >= 15 is 0 Å². The molecule has 1 aliphatic rings. The molecule has 1 aliphatic carbocycles. The van der Waals surface area contributed by atoms with Gasteiger partial charge in [0.1, 0.15) is 5.82 Å². The van der Waals surface area contributed by atoms with Gasteiger partial charge in [-0.1, -0.05) is 36.1 Å². The van der Waals surface area contributed by atoms with Crippen LogP contribution in [-0.4, -0.2) is 15.1 Å². The van der Waals surface area contributed by atoms with Crippen molar-refractivity contribution in [1.29, 1.82) is 0 Å². The van der Waals surface area contributed by atoms with Gasteiger partial charge < -0.3 is 10.8 Å². The predicted molar refractivity (Wildman–Crippen MR) is 120 cm³/mol. The molecule has 2 aromatic heterocycles. The molecule has 0 saturated heterocycles. The van der Waals surface area contributed by atoms with Gasteiger partial charge in [0.2, 0.25) is 0 Å². The molecular formula is C26H21N3O. The number of hydrogen-bond acceptors (Lipinski definition) is 4. The molecule has 1 atom stereocenters. The maximum Gasteiger partial charge on any atom is 0.168 e. The van der Waals surface area contributed by atoms with Crippen molar-refractivity contribution >= 4 is 16.6 Å². The van der Waals surface area contributed by atoms with Gasteiger partial charge in [0.05, 0.1) is 5.69 Å². The second kappa shape index (κ2) is 6.98. The van der Waals surface area contributed by atoms with Gasteiger partial charge >= 0.3 is 0 Å². The monoisotopic (exact) mass is 391 g/mol. The summed E-state index contributed by atoms with van der Waals surface area (Å²) < 4.78 is 0. The van der Waals surface area contributed by atoms with Gasteiger partial charge in [-0.3, -0.25) is 4.98 Å². The number of nitrogen functional groups attached to an aromatic ring is 1. The number of benzene rings is 2. The number of nitrogens with zero attached hydrogens (tertiary/aromatic N) is 2. The Morgan fingerprint density at radius 1 is 1.03 bits per heavy atom. The fraction of sp³-hybridized carbons (Fsp3) is 0.154.